The number of amides is 1. The summed E-state index contributed by atoms with van der Waals surface area (Å²) < 4.78 is 5.26. The van der Waals surface area contributed by atoms with E-state index in [1.165, 1.54) is 12.4 Å². The van der Waals surface area contributed by atoms with Gasteiger partial charge in [0, 0.05) is 25.0 Å². The van der Waals surface area contributed by atoms with Gasteiger partial charge in [0.2, 0.25) is 0 Å². The third-order valence-corrected chi connectivity index (χ3v) is 3.83. The first kappa shape index (κ1) is 18.3. The fourth-order valence-corrected chi connectivity index (χ4v) is 2.72. The first-order chi connectivity index (χ1) is 11.3. The fraction of sp³-hybridized carbons (Fsp3) is 0.647. The van der Waals surface area contributed by atoms with Crippen LogP contribution in [0, 0.1) is 0 Å². The number of hydrogen-bond acceptors (Lipinski definition) is 6. The molecule has 0 radical (unpaired) electrons. The molecule has 132 valence electrons. The van der Waals surface area contributed by atoms with E-state index in [0.29, 0.717) is 18.8 Å². The van der Waals surface area contributed by atoms with Crippen molar-refractivity contribution in [2.75, 3.05) is 19.6 Å². The molecule has 1 fully saturated rings. The lowest BCUT2D eigenvalue weighted by molar-refractivity contribution is 0.0495. The van der Waals surface area contributed by atoms with Gasteiger partial charge in [0.1, 0.15) is 11.3 Å². The third-order valence-electron chi connectivity index (χ3n) is 3.83. The quantitative estimate of drug-likeness (QED) is 0.830. The molecule has 1 atom stereocenters. The van der Waals surface area contributed by atoms with Crippen LogP contribution in [0.25, 0.3) is 0 Å². The Hall–Kier alpha value is -2.02. The van der Waals surface area contributed by atoms with Crippen molar-refractivity contribution in [2.45, 2.75) is 51.7 Å². The number of likely N-dealkylation sites (tertiary alicyclic amines) is 1. The maximum absolute atomic E-state index is 12.3. The van der Waals surface area contributed by atoms with Crippen molar-refractivity contribution < 1.29 is 14.3 Å². The first-order valence-corrected chi connectivity index (χ1v) is 8.35. The van der Waals surface area contributed by atoms with Crippen molar-refractivity contribution in [3.8, 4) is 0 Å². The maximum atomic E-state index is 12.3. The van der Waals surface area contributed by atoms with Crippen molar-refractivity contribution in [2.24, 2.45) is 0 Å². The molecule has 1 amide bonds. The van der Waals surface area contributed by atoms with Gasteiger partial charge in [0.05, 0.1) is 12.7 Å². The summed E-state index contributed by atoms with van der Waals surface area (Å²) in [6.45, 7) is 7.10. The van der Waals surface area contributed by atoms with E-state index in [9.17, 15) is 9.59 Å². The van der Waals surface area contributed by atoms with Crippen LogP contribution in [0.15, 0.2) is 18.6 Å². The van der Waals surface area contributed by atoms with Gasteiger partial charge in [0.25, 0.3) is 0 Å². The minimum atomic E-state index is -0.516. The smallest absolute Gasteiger partial charge is 0.407 e. The number of nitrogens with zero attached hydrogens (tertiary/aromatic N) is 3. The van der Waals surface area contributed by atoms with E-state index in [0.717, 1.165) is 25.8 Å². The summed E-state index contributed by atoms with van der Waals surface area (Å²) in [5.41, 5.74) is -0.139. The van der Waals surface area contributed by atoms with Gasteiger partial charge in [-0.05, 0) is 40.2 Å². The molecule has 7 nitrogen and oxygen atoms in total. The molecule has 24 heavy (non-hydrogen) atoms. The Morgan fingerprint density at radius 1 is 1.33 bits per heavy atom. The highest BCUT2D eigenvalue weighted by molar-refractivity contribution is 5.95. The zero-order chi connectivity index (χ0) is 17.6. The molecule has 2 heterocycles. The van der Waals surface area contributed by atoms with Crippen molar-refractivity contribution in [3.05, 3.63) is 24.3 Å². The predicted molar refractivity (Wildman–Crippen MR) is 89.8 cm³/mol. The van der Waals surface area contributed by atoms with Crippen molar-refractivity contribution in [1.82, 2.24) is 20.2 Å². The highest BCUT2D eigenvalue weighted by Gasteiger charge is 2.26. The van der Waals surface area contributed by atoms with Gasteiger partial charge < -0.3 is 10.1 Å². The van der Waals surface area contributed by atoms with Gasteiger partial charge >= 0.3 is 6.09 Å². The van der Waals surface area contributed by atoms with Crippen molar-refractivity contribution in [1.29, 1.82) is 0 Å². The van der Waals surface area contributed by atoms with Crippen LogP contribution >= 0.6 is 0 Å². The average Bonchev–Trinajstić information content (AvgIpc) is 2.53. The number of aromatic nitrogens is 2. The molecule has 0 saturated carbocycles. The monoisotopic (exact) mass is 334 g/mol. The number of hydrogen-bond donors (Lipinski definition) is 1. The van der Waals surface area contributed by atoms with Crippen LogP contribution in [0.2, 0.25) is 0 Å². The SMILES string of the molecule is CC(C)(C)OC(=O)NC[C@H]1CCCCN1CC(=O)c1cnccn1. The fourth-order valence-electron chi connectivity index (χ4n) is 2.72. The van der Waals surface area contributed by atoms with Crippen molar-refractivity contribution >= 4 is 11.9 Å². The number of piperidine rings is 1. The summed E-state index contributed by atoms with van der Waals surface area (Å²) in [5, 5.41) is 2.81. The second-order valence-corrected chi connectivity index (χ2v) is 7.02. The zero-order valence-electron chi connectivity index (χ0n) is 14.6. The van der Waals surface area contributed by atoms with E-state index in [4.69, 9.17) is 4.74 Å². The first-order valence-electron chi connectivity index (χ1n) is 8.35. The summed E-state index contributed by atoms with van der Waals surface area (Å²) >= 11 is 0. The predicted octanol–water partition coefficient (Wildman–Crippen LogP) is 2.04. The van der Waals surface area contributed by atoms with Gasteiger partial charge in [-0.3, -0.25) is 14.7 Å². The third kappa shape index (κ3) is 5.88. The van der Waals surface area contributed by atoms with Crippen LogP contribution in [0.1, 0.15) is 50.5 Å². The average molecular weight is 334 g/mol. The molecule has 7 heteroatoms. The Labute approximate surface area is 142 Å². The topological polar surface area (TPSA) is 84.4 Å². The largest absolute Gasteiger partial charge is 0.444 e. The molecule has 1 aliphatic rings. The molecule has 2 rings (SSSR count). The van der Waals surface area contributed by atoms with Crippen molar-refractivity contribution in [3.63, 3.8) is 0 Å². The number of ketones is 1. The summed E-state index contributed by atoms with van der Waals surface area (Å²) in [6.07, 6.45) is 7.22. The summed E-state index contributed by atoms with van der Waals surface area (Å²) in [7, 11) is 0. The van der Waals surface area contributed by atoms with E-state index < -0.39 is 11.7 Å². The Kier molecular flexibility index (Phi) is 6.25. The molecule has 1 N–H and O–H groups in total. The number of Topliss-reactive ketones (excluding diaryl/α,β-unsaturated/α-hetero) is 1. The highest BCUT2D eigenvalue weighted by atomic mass is 16.6. The molecular weight excluding hydrogens is 308 g/mol. The number of carbonyl (C=O) groups is 2. The van der Waals surface area contributed by atoms with E-state index in [2.05, 4.69) is 20.2 Å². The van der Waals surface area contributed by atoms with E-state index in [-0.39, 0.29) is 11.8 Å². The number of nitrogens with one attached hydrogen (secondary N) is 1. The van der Waals surface area contributed by atoms with Gasteiger partial charge in [-0.1, -0.05) is 6.42 Å². The summed E-state index contributed by atoms with van der Waals surface area (Å²) in [6, 6.07) is 0.131. The second-order valence-electron chi connectivity index (χ2n) is 7.02. The second kappa shape index (κ2) is 8.19. The minimum Gasteiger partial charge on any atom is -0.444 e. The molecule has 1 aliphatic heterocycles. The lowest BCUT2D eigenvalue weighted by Crippen LogP contribution is -2.49. The summed E-state index contributed by atoms with van der Waals surface area (Å²) in [4.78, 5) is 34.2. The number of rotatable bonds is 5. The van der Waals surface area contributed by atoms with Gasteiger partial charge in [0.15, 0.2) is 5.78 Å². The van der Waals surface area contributed by atoms with Gasteiger partial charge in [-0.25, -0.2) is 9.78 Å². The molecule has 0 spiro atoms. The minimum absolute atomic E-state index is 0.0488. The Morgan fingerprint density at radius 2 is 2.12 bits per heavy atom. The van der Waals surface area contributed by atoms with Crippen LogP contribution in [-0.2, 0) is 4.74 Å². The Balaban J connectivity index is 1.88. The van der Waals surface area contributed by atoms with Crippen LogP contribution in [0.4, 0.5) is 4.79 Å². The number of ether oxygens (including phenoxy) is 1. The molecule has 1 saturated heterocycles. The highest BCUT2D eigenvalue weighted by Crippen LogP contribution is 2.17. The molecule has 0 aliphatic carbocycles. The van der Waals surface area contributed by atoms with E-state index >= 15 is 0 Å². The molecule has 0 unspecified atom stereocenters. The van der Waals surface area contributed by atoms with E-state index in [1.807, 2.05) is 20.8 Å². The molecule has 0 bridgehead atoms. The normalized spacial score (nSPS) is 18.9. The number of alkyl carbamates (subject to hydrolysis) is 1. The van der Waals surface area contributed by atoms with Gasteiger partial charge in [-0.15, -0.1) is 0 Å². The number of carbonyl (C=O) groups excluding carboxylic acids is 2. The van der Waals surface area contributed by atoms with Gasteiger partial charge in [-0.2, -0.15) is 0 Å². The Morgan fingerprint density at radius 3 is 2.79 bits per heavy atom. The van der Waals surface area contributed by atoms with E-state index in [1.54, 1.807) is 6.20 Å². The zero-order valence-corrected chi connectivity index (χ0v) is 14.6. The summed E-state index contributed by atoms with van der Waals surface area (Å²) in [5.74, 6) is -0.0488. The maximum Gasteiger partial charge on any atom is 0.407 e. The van der Waals surface area contributed by atoms with Crippen LogP contribution in [0.5, 0.6) is 0 Å². The van der Waals surface area contributed by atoms with Crippen LogP contribution < -0.4 is 5.32 Å². The van der Waals surface area contributed by atoms with Crippen LogP contribution in [0.3, 0.4) is 0 Å². The molecule has 1 aromatic rings. The molecule has 0 aromatic carbocycles. The Bertz CT molecular complexity index is 557. The standard InChI is InChI=1S/C17H26N4O3/c1-17(2,3)24-16(23)20-10-13-6-4-5-9-21(13)12-15(22)14-11-18-7-8-19-14/h7-8,11,13H,4-6,9-10,12H2,1-3H3,(H,20,23)/t13-/m1/s1. The molecular formula is C17H26N4O3. The lowest BCUT2D eigenvalue weighted by Gasteiger charge is -2.35. The molecule has 1 aromatic heterocycles. The lowest BCUT2D eigenvalue weighted by atomic mass is 10.0. The van der Waals surface area contributed by atoms with Crippen LogP contribution in [-0.4, -0.2) is 58.0 Å².